The number of rotatable bonds is 5. The molecule has 25 heavy (non-hydrogen) atoms. The number of anilines is 1. The Morgan fingerprint density at radius 1 is 1.04 bits per heavy atom. The molecule has 5 heteroatoms. The average Bonchev–Trinajstić information content (AvgIpc) is 2.52. The lowest BCUT2D eigenvalue weighted by atomic mass is 10.0. The van der Waals surface area contributed by atoms with E-state index in [0.717, 1.165) is 11.1 Å². The van der Waals surface area contributed by atoms with Crippen molar-refractivity contribution in [2.45, 2.75) is 44.2 Å². The van der Waals surface area contributed by atoms with Crippen LogP contribution in [-0.4, -0.2) is 14.0 Å². The van der Waals surface area contributed by atoms with Crippen molar-refractivity contribution in [3.05, 3.63) is 59.7 Å². The fourth-order valence-corrected chi connectivity index (χ4v) is 3.49. The molecular weight excluding hydrogens is 332 g/mol. The van der Waals surface area contributed by atoms with Gasteiger partial charge in [-0.05, 0) is 45.9 Å². The summed E-state index contributed by atoms with van der Waals surface area (Å²) in [6.07, 6.45) is 5.68. The highest BCUT2D eigenvalue weighted by molar-refractivity contribution is 7.92. The Labute approximate surface area is 150 Å². The van der Waals surface area contributed by atoms with Crippen molar-refractivity contribution in [3.8, 4) is 12.3 Å². The van der Waals surface area contributed by atoms with Gasteiger partial charge >= 0.3 is 0 Å². The molecule has 0 radical (unpaired) electrons. The van der Waals surface area contributed by atoms with E-state index >= 15 is 0 Å². The Bertz CT molecular complexity index is 873. The number of benzene rings is 2. The summed E-state index contributed by atoms with van der Waals surface area (Å²) in [6, 6.07) is 13.5. The van der Waals surface area contributed by atoms with E-state index in [1.165, 1.54) is 0 Å². The minimum Gasteiger partial charge on any atom is -0.295 e. The van der Waals surface area contributed by atoms with E-state index in [1.54, 1.807) is 36.4 Å². The predicted molar refractivity (Wildman–Crippen MR) is 103 cm³/mol. The second-order valence-corrected chi connectivity index (χ2v) is 8.68. The lowest BCUT2D eigenvalue weighted by Crippen LogP contribution is -2.38. The van der Waals surface area contributed by atoms with Gasteiger partial charge in [0.15, 0.2) is 0 Å². The molecule has 0 spiro atoms. The van der Waals surface area contributed by atoms with Crippen LogP contribution < -0.4 is 10.0 Å². The summed E-state index contributed by atoms with van der Waals surface area (Å²) >= 11 is 0. The Morgan fingerprint density at radius 3 is 2.20 bits per heavy atom. The Hall–Kier alpha value is -2.29. The van der Waals surface area contributed by atoms with Crippen molar-refractivity contribution in [2.24, 2.45) is 0 Å². The number of terminal acetylenes is 1. The van der Waals surface area contributed by atoms with Gasteiger partial charge < -0.3 is 0 Å². The van der Waals surface area contributed by atoms with Crippen LogP contribution in [0.3, 0.4) is 0 Å². The van der Waals surface area contributed by atoms with Crippen LogP contribution in [0.2, 0.25) is 0 Å². The standard InChI is InChI=1S/C20H24N2O2S/c1-6-18(21-20(3,4)5)17-9-7-8-10-19(17)22-25(23,24)16-13-11-15(2)12-14-16/h1,7-14,18,21-22H,2-5H3/t18-/m0/s1. The quantitative estimate of drug-likeness (QED) is 0.800. The molecule has 0 aliphatic carbocycles. The predicted octanol–water partition coefficient (Wildman–Crippen LogP) is 3.86. The van der Waals surface area contributed by atoms with E-state index in [1.807, 2.05) is 39.8 Å². The molecule has 0 aliphatic heterocycles. The summed E-state index contributed by atoms with van der Waals surface area (Å²) in [6.45, 7) is 7.94. The summed E-state index contributed by atoms with van der Waals surface area (Å²) in [4.78, 5) is 0.217. The summed E-state index contributed by atoms with van der Waals surface area (Å²) in [5, 5.41) is 3.32. The number of para-hydroxylation sites is 1. The third kappa shape index (κ3) is 5.09. The summed E-state index contributed by atoms with van der Waals surface area (Å²) in [5.41, 5.74) is 1.99. The van der Waals surface area contributed by atoms with E-state index < -0.39 is 16.1 Å². The normalized spacial score (nSPS) is 13.1. The third-order valence-electron chi connectivity index (χ3n) is 3.59. The SMILES string of the molecule is C#C[C@H](NC(C)(C)C)c1ccccc1NS(=O)(=O)c1ccc(C)cc1. The minimum absolute atomic E-state index is 0.208. The van der Waals surface area contributed by atoms with Crippen LogP contribution in [-0.2, 0) is 10.0 Å². The van der Waals surface area contributed by atoms with Crippen molar-refractivity contribution >= 4 is 15.7 Å². The fourth-order valence-electron chi connectivity index (χ4n) is 2.40. The van der Waals surface area contributed by atoms with Crippen molar-refractivity contribution in [2.75, 3.05) is 4.72 Å². The Kier molecular flexibility index (Phi) is 5.56. The highest BCUT2D eigenvalue weighted by atomic mass is 32.2. The number of aryl methyl sites for hydroxylation is 1. The molecule has 2 rings (SSSR count). The van der Waals surface area contributed by atoms with Gasteiger partial charge in [0.05, 0.1) is 16.6 Å². The first-order valence-electron chi connectivity index (χ1n) is 8.04. The number of sulfonamides is 1. The van der Waals surface area contributed by atoms with Gasteiger partial charge in [-0.2, -0.15) is 0 Å². The summed E-state index contributed by atoms with van der Waals surface area (Å²) in [7, 11) is -3.68. The van der Waals surface area contributed by atoms with Crippen LogP contribution in [0.4, 0.5) is 5.69 Å². The second kappa shape index (κ2) is 7.30. The third-order valence-corrected chi connectivity index (χ3v) is 4.97. The largest absolute Gasteiger partial charge is 0.295 e. The molecule has 0 fully saturated rings. The van der Waals surface area contributed by atoms with Crippen LogP contribution in [0.1, 0.15) is 37.9 Å². The minimum atomic E-state index is -3.68. The molecule has 0 heterocycles. The van der Waals surface area contributed by atoms with Gasteiger partial charge in [-0.1, -0.05) is 41.8 Å². The highest BCUT2D eigenvalue weighted by Crippen LogP contribution is 2.26. The first-order valence-corrected chi connectivity index (χ1v) is 9.53. The van der Waals surface area contributed by atoms with Crippen molar-refractivity contribution in [1.29, 1.82) is 0 Å². The van der Waals surface area contributed by atoms with Crippen molar-refractivity contribution < 1.29 is 8.42 Å². The van der Waals surface area contributed by atoms with E-state index in [-0.39, 0.29) is 10.4 Å². The van der Waals surface area contributed by atoms with Crippen LogP contribution >= 0.6 is 0 Å². The molecule has 0 unspecified atom stereocenters. The Morgan fingerprint density at radius 2 is 1.64 bits per heavy atom. The lowest BCUT2D eigenvalue weighted by molar-refractivity contribution is 0.403. The van der Waals surface area contributed by atoms with Crippen LogP contribution in [0, 0.1) is 19.3 Å². The molecule has 0 amide bonds. The molecule has 2 aromatic carbocycles. The maximum absolute atomic E-state index is 12.7. The monoisotopic (exact) mass is 356 g/mol. The van der Waals surface area contributed by atoms with Crippen LogP contribution in [0.15, 0.2) is 53.4 Å². The second-order valence-electron chi connectivity index (χ2n) is 7.00. The van der Waals surface area contributed by atoms with Crippen LogP contribution in [0.5, 0.6) is 0 Å². The molecule has 4 nitrogen and oxygen atoms in total. The van der Waals surface area contributed by atoms with E-state index in [9.17, 15) is 8.42 Å². The molecule has 132 valence electrons. The number of hydrogen-bond donors (Lipinski definition) is 2. The number of nitrogens with one attached hydrogen (secondary N) is 2. The topological polar surface area (TPSA) is 58.2 Å². The zero-order chi connectivity index (χ0) is 18.7. The van der Waals surface area contributed by atoms with Gasteiger partial charge in [0.2, 0.25) is 0 Å². The summed E-state index contributed by atoms with van der Waals surface area (Å²) in [5.74, 6) is 2.70. The van der Waals surface area contributed by atoms with Crippen molar-refractivity contribution in [3.63, 3.8) is 0 Å². The molecule has 0 saturated carbocycles. The molecular formula is C20H24N2O2S. The first kappa shape index (κ1) is 19.0. The number of hydrogen-bond acceptors (Lipinski definition) is 3. The molecule has 0 aliphatic rings. The van der Waals surface area contributed by atoms with Gasteiger partial charge in [0, 0.05) is 11.1 Å². The molecule has 2 N–H and O–H groups in total. The average molecular weight is 356 g/mol. The highest BCUT2D eigenvalue weighted by Gasteiger charge is 2.22. The molecule has 0 aromatic heterocycles. The molecule has 0 saturated heterocycles. The molecule has 0 bridgehead atoms. The Balaban J connectivity index is 2.38. The van der Waals surface area contributed by atoms with Gasteiger partial charge in [-0.15, -0.1) is 6.42 Å². The van der Waals surface area contributed by atoms with E-state index in [4.69, 9.17) is 6.42 Å². The lowest BCUT2D eigenvalue weighted by Gasteiger charge is -2.27. The van der Waals surface area contributed by atoms with Gasteiger partial charge in [-0.25, -0.2) is 8.42 Å². The zero-order valence-corrected chi connectivity index (χ0v) is 15.8. The zero-order valence-electron chi connectivity index (χ0n) is 15.0. The summed E-state index contributed by atoms with van der Waals surface area (Å²) < 4.78 is 28.0. The van der Waals surface area contributed by atoms with E-state index in [2.05, 4.69) is 16.0 Å². The van der Waals surface area contributed by atoms with Gasteiger partial charge in [0.1, 0.15) is 0 Å². The van der Waals surface area contributed by atoms with Crippen molar-refractivity contribution in [1.82, 2.24) is 5.32 Å². The molecule has 2 aromatic rings. The van der Waals surface area contributed by atoms with Gasteiger partial charge in [-0.3, -0.25) is 10.0 Å². The first-order chi connectivity index (χ1) is 11.6. The maximum atomic E-state index is 12.7. The van der Waals surface area contributed by atoms with Crippen LogP contribution in [0.25, 0.3) is 0 Å². The smallest absolute Gasteiger partial charge is 0.261 e. The maximum Gasteiger partial charge on any atom is 0.261 e. The van der Waals surface area contributed by atoms with E-state index in [0.29, 0.717) is 5.69 Å². The van der Waals surface area contributed by atoms with Gasteiger partial charge in [0.25, 0.3) is 10.0 Å². The fraction of sp³-hybridized carbons (Fsp3) is 0.300. The molecule has 1 atom stereocenters.